The van der Waals surface area contributed by atoms with Gasteiger partial charge in [0.2, 0.25) is 0 Å². The number of aromatic amines is 1. The zero-order chi connectivity index (χ0) is 14.8. The summed E-state index contributed by atoms with van der Waals surface area (Å²) in [5.41, 5.74) is -0.363. The number of hydrogen-bond acceptors (Lipinski definition) is 4. The summed E-state index contributed by atoms with van der Waals surface area (Å²) in [6.07, 6.45) is 1.85. The van der Waals surface area contributed by atoms with E-state index in [1.54, 1.807) is 24.3 Å². The summed E-state index contributed by atoms with van der Waals surface area (Å²) in [5, 5.41) is 13.3. The van der Waals surface area contributed by atoms with Gasteiger partial charge in [-0.3, -0.25) is 9.59 Å². The van der Waals surface area contributed by atoms with E-state index < -0.39 is 11.5 Å². The van der Waals surface area contributed by atoms with Gasteiger partial charge in [-0.1, -0.05) is 12.1 Å². The molecule has 1 aromatic heterocycles. The first kappa shape index (κ1) is 13.6. The molecule has 3 rings (SSSR count). The number of carbonyl (C=O) groups is 1. The quantitative estimate of drug-likeness (QED) is 0.790. The van der Waals surface area contributed by atoms with Crippen LogP contribution in [0.3, 0.4) is 0 Å². The predicted octanol–water partition coefficient (Wildman–Crippen LogP) is 1.14. The smallest absolute Gasteiger partial charge is 0.265 e. The van der Waals surface area contributed by atoms with Crippen LogP contribution in [0, 0.1) is 0 Å². The predicted molar refractivity (Wildman–Crippen MR) is 77.5 cm³/mol. The molecule has 21 heavy (non-hydrogen) atoms. The second kappa shape index (κ2) is 5.57. The van der Waals surface area contributed by atoms with Gasteiger partial charge < -0.3 is 20.1 Å². The molecule has 1 aliphatic rings. The number of ether oxygens (including phenoxy) is 1. The first-order chi connectivity index (χ1) is 10.2. The maximum Gasteiger partial charge on any atom is 0.265 e. The van der Waals surface area contributed by atoms with E-state index in [-0.39, 0.29) is 17.4 Å². The highest BCUT2D eigenvalue weighted by Crippen LogP contribution is 2.24. The van der Waals surface area contributed by atoms with Crippen LogP contribution < -0.4 is 10.9 Å². The van der Waals surface area contributed by atoms with E-state index >= 15 is 0 Å². The molecule has 0 radical (unpaired) electrons. The van der Waals surface area contributed by atoms with Crippen molar-refractivity contribution in [3.05, 3.63) is 40.2 Å². The van der Waals surface area contributed by atoms with Gasteiger partial charge in [0.1, 0.15) is 11.3 Å². The topological polar surface area (TPSA) is 91.4 Å². The van der Waals surface area contributed by atoms with Crippen LogP contribution in [0.1, 0.15) is 23.2 Å². The number of aromatic nitrogens is 1. The summed E-state index contributed by atoms with van der Waals surface area (Å²) < 4.78 is 5.41. The Kier molecular flexibility index (Phi) is 3.62. The largest absolute Gasteiger partial charge is 0.506 e. The molecule has 1 fully saturated rings. The summed E-state index contributed by atoms with van der Waals surface area (Å²) in [5.74, 6) is -0.880. The fourth-order valence-electron chi connectivity index (χ4n) is 2.54. The second-order valence-electron chi connectivity index (χ2n) is 5.07. The van der Waals surface area contributed by atoms with Gasteiger partial charge in [0, 0.05) is 18.5 Å². The zero-order valence-electron chi connectivity index (χ0n) is 11.4. The Hall–Kier alpha value is -2.34. The molecule has 6 heteroatoms. The SMILES string of the molecule is O=C(NC[C@@H]1CCCO1)c1c(O)c2ccccc2[nH]c1=O. The van der Waals surface area contributed by atoms with Gasteiger partial charge in [-0.15, -0.1) is 0 Å². The van der Waals surface area contributed by atoms with Crippen molar-refractivity contribution in [2.24, 2.45) is 0 Å². The molecule has 1 saturated heterocycles. The van der Waals surface area contributed by atoms with Gasteiger partial charge in [0.15, 0.2) is 0 Å². The number of benzene rings is 1. The minimum Gasteiger partial charge on any atom is -0.506 e. The highest BCUT2D eigenvalue weighted by atomic mass is 16.5. The van der Waals surface area contributed by atoms with Crippen LogP contribution in [0.2, 0.25) is 0 Å². The first-order valence-electron chi connectivity index (χ1n) is 6.90. The highest BCUT2D eigenvalue weighted by molar-refractivity contribution is 6.02. The summed E-state index contributed by atoms with van der Waals surface area (Å²) in [7, 11) is 0. The monoisotopic (exact) mass is 288 g/mol. The first-order valence-corrected chi connectivity index (χ1v) is 6.90. The minimum atomic E-state index is -0.601. The van der Waals surface area contributed by atoms with Gasteiger partial charge in [-0.05, 0) is 25.0 Å². The summed E-state index contributed by atoms with van der Waals surface area (Å²) in [6.45, 7) is 1.03. The lowest BCUT2D eigenvalue weighted by atomic mass is 10.1. The molecule has 6 nitrogen and oxygen atoms in total. The number of rotatable bonds is 3. The third-order valence-electron chi connectivity index (χ3n) is 3.64. The maximum atomic E-state index is 12.1. The number of hydrogen-bond donors (Lipinski definition) is 3. The van der Waals surface area contributed by atoms with Crippen LogP contribution in [0.15, 0.2) is 29.1 Å². The summed E-state index contributed by atoms with van der Waals surface area (Å²) in [6, 6.07) is 6.80. The number of fused-ring (bicyclic) bond motifs is 1. The molecular weight excluding hydrogens is 272 g/mol. The van der Waals surface area contributed by atoms with Gasteiger partial charge in [-0.25, -0.2) is 0 Å². The van der Waals surface area contributed by atoms with Crippen LogP contribution in [0.5, 0.6) is 5.75 Å². The fourth-order valence-corrected chi connectivity index (χ4v) is 2.54. The van der Waals surface area contributed by atoms with E-state index in [0.717, 1.165) is 12.8 Å². The van der Waals surface area contributed by atoms with Crippen molar-refractivity contribution < 1.29 is 14.6 Å². The molecule has 2 heterocycles. The Morgan fingerprint density at radius 1 is 1.43 bits per heavy atom. The van der Waals surface area contributed by atoms with E-state index in [4.69, 9.17) is 4.74 Å². The Morgan fingerprint density at radius 3 is 3.00 bits per heavy atom. The molecule has 1 amide bonds. The standard InChI is InChI=1S/C15H16N2O4/c18-13-10-5-1-2-6-11(10)17-15(20)12(13)14(19)16-8-9-4-3-7-21-9/h1-2,5-6,9H,3-4,7-8H2,(H,16,19)(H2,17,18,20)/t9-/m0/s1. The number of carbonyl (C=O) groups excluding carboxylic acids is 1. The van der Waals surface area contributed by atoms with Gasteiger partial charge >= 0.3 is 0 Å². The molecule has 1 aliphatic heterocycles. The average molecular weight is 288 g/mol. The molecule has 110 valence electrons. The van der Waals surface area contributed by atoms with Crippen LogP contribution in [-0.4, -0.2) is 35.3 Å². The Balaban J connectivity index is 1.88. The van der Waals surface area contributed by atoms with Crippen molar-refractivity contribution in [2.75, 3.05) is 13.2 Å². The van der Waals surface area contributed by atoms with Crippen molar-refractivity contribution in [1.82, 2.24) is 10.3 Å². The number of para-hydroxylation sites is 1. The summed E-state index contributed by atoms with van der Waals surface area (Å²) in [4.78, 5) is 26.7. The number of nitrogens with one attached hydrogen (secondary N) is 2. The molecule has 0 spiro atoms. The van der Waals surface area contributed by atoms with Crippen molar-refractivity contribution in [3.63, 3.8) is 0 Å². The lowest BCUT2D eigenvalue weighted by Crippen LogP contribution is -2.35. The zero-order valence-corrected chi connectivity index (χ0v) is 11.4. The molecule has 0 unspecified atom stereocenters. The Bertz CT molecular complexity index is 732. The van der Waals surface area contributed by atoms with Gasteiger partial charge in [0.25, 0.3) is 11.5 Å². The van der Waals surface area contributed by atoms with Crippen molar-refractivity contribution in [2.45, 2.75) is 18.9 Å². The number of aromatic hydroxyl groups is 1. The number of pyridine rings is 1. The van der Waals surface area contributed by atoms with Crippen molar-refractivity contribution >= 4 is 16.8 Å². The Morgan fingerprint density at radius 2 is 2.24 bits per heavy atom. The van der Waals surface area contributed by atoms with Crippen LogP contribution >= 0.6 is 0 Å². The highest BCUT2D eigenvalue weighted by Gasteiger charge is 2.21. The van der Waals surface area contributed by atoms with E-state index in [0.29, 0.717) is 24.1 Å². The van der Waals surface area contributed by atoms with E-state index in [9.17, 15) is 14.7 Å². The molecule has 0 aliphatic carbocycles. The maximum absolute atomic E-state index is 12.1. The molecule has 0 bridgehead atoms. The minimum absolute atomic E-state index is 0.0179. The third kappa shape index (κ3) is 2.62. The molecule has 3 N–H and O–H groups in total. The van der Waals surface area contributed by atoms with Crippen molar-refractivity contribution in [3.8, 4) is 5.75 Å². The fraction of sp³-hybridized carbons (Fsp3) is 0.333. The second-order valence-corrected chi connectivity index (χ2v) is 5.07. The van der Waals surface area contributed by atoms with Gasteiger partial charge in [0.05, 0.1) is 11.6 Å². The van der Waals surface area contributed by atoms with Crippen LogP contribution in [0.25, 0.3) is 10.9 Å². The molecule has 0 saturated carbocycles. The van der Waals surface area contributed by atoms with E-state index in [1.165, 1.54) is 0 Å². The molecule has 2 aromatic rings. The molecular formula is C15H16N2O4. The van der Waals surface area contributed by atoms with E-state index in [2.05, 4.69) is 10.3 Å². The van der Waals surface area contributed by atoms with E-state index in [1.807, 2.05) is 0 Å². The number of H-pyrrole nitrogens is 1. The lowest BCUT2D eigenvalue weighted by molar-refractivity contribution is 0.0854. The summed E-state index contributed by atoms with van der Waals surface area (Å²) >= 11 is 0. The third-order valence-corrected chi connectivity index (χ3v) is 3.64. The molecule has 1 atom stereocenters. The average Bonchev–Trinajstić information content (AvgIpc) is 2.98. The van der Waals surface area contributed by atoms with Gasteiger partial charge in [-0.2, -0.15) is 0 Å². The lowest BCUT2D eigenvalue weighted by Gasteiger charge is -2.11. The van der Waals surface area contributed by atoms with Crippen LogP contribution in [-0.2, 0) is 4.74 Å². The molecule has 1 aromatic carbocycles. The van der Waals surface area contributed by atoms with Crippen molar-refractivity contribution in [1.29, 1.82) is 0 Å². The normalized spacial score (nSPS) is 18.0. The Labute approximate surface area is 120 Å². The van der Waals surface area contributed by atoms with Crippen LogP contribution in [0.4, 0.5) is 0 Å². The number of amides is 1.